The number of hydrogen-bond donors (Lipinski definition) is 3. The molecule has 0 saturated carbocycles. The molecule has 7 heteroatoms. The van der Waals surface area contributed by atoms with Crippen molar-refractivity contribution in [1.29, 1.82) is 5.26 Å². The zero-order valence-electron chi connectivity index (χ0n) is 11.3. The number of H-pyrrole nitrogens is 1. The van der Waals surface area contributed by atoms with E-state index >= 15 is 0 Å². The molecule has 7 nitrogen and oxygen atoms in total. The molecule has 0 fully saturated rings. The molecule has 0 aliphatic carbocycles. The van der Waals surface area contributed by atoms with E-state index in [9.17, 15) is 4.79 Å². The van der Waals surface area contributed by atoms with Gasteiger partial charge in [0.1, 0.15) is 17.3 Å². The van der Waals surface area contributed by atoms with E-state index in [-0.39, 0.29) is 17.4 Å². The SMILES string of the molecule is N#CCCCOc1cccc(NC(=O)c2cc(N)n[nH]2)c1. The van der Waals surface area contributed by atoms with Crippen molar-refractivity contribution in [2.45, 2.75) is 12.8 Å². The predicted molar refractivity (Wildman–Crippen MR) is 77.7 cm³/mol. The number of nitrogens with two attached hydrogens (primary N) is 1. The Morgan fingerprint density at radius 2 is 2.33 bits per heavy atom. The molecule has 1 amide bonds. The maximum absolute atomic E-state index is 11.9. The fourth-order valence-corrected chi connectivity index (χ4v) is 1.66. The summed E-state index contributed by atoms with van der Waals surface area (Å²) >= 11 is 0. The maximum atomic E-state index is 11.9. The van der Waals surface area contributed by atoms with Gasteiger partial charge in [0.25, 0.3) is 5.91 Å². The molecule has 4 N–H and O–H groups in total. The number of benzene rings is 1. The highest BCUT2D eigenvalue weighted by Gasteiger charge is 2.09. The Morgan fingerprint density at radius 1 is 1.48 bits per heavy atom. The molecular weight excluding hydrogens is 270 g/mol. The average molecular weight is 285 g/mol. The molecule has 0 spiro atoms. The standard InChI is InChI=1S/C14H15N5O2/c15-6-1-2-7-21-11-5-3-4-10(8-11)17-14(20)12-9-13(16)19-18-12/h3-5,8-9H,1-2,7H2,(H,17,20)(H3,16,18,19). The van der Waals surface area contributed by atoms with Crippen LogP contribution in [0.3, 0.4) is 0 Å². The summed E-state index contributed by atoms with van der Waals surface area (Å²) in [5.74, 6) is 0.561. The Hall–Kier alpha value is -3.01. The molecule has 0 aliphatic rings. The van der Waals surface area contributed by atoms with Gasteiger partial charge < -0.3 is 15.8 Å². The Labute approximate surface area is 121 Å². The number of nitrogen functional groups attached to an aromatic ring is 1. The number of aromatic amines is 1. The Kier molecular flexibility index (Phi) is 4.77. The number of aromatic nitrogens is 2. The minimum atomic E-state index is -0.333. The highest BCUT2D eigenvalue weighted by Crippen LogP contribution is 2.18. The van der Waals surface area contributed by atoms with Crippen molar-refractivity contribution in [3.63, 3.8) is 0 Å². The summed E-state index contributed by atoms with van der Waals surface area (Å²) in [7, 11) is 0. The van der Waals surface area contributed by atoms with Gasteiger partial charge in [-0.25, -0.2) is 0 Å². The van der Waals surface area contributed by atoms with E-state index in [0.29, 0.717) is 30.9 Å². The van der Waals surface area contributed by atoms with Gasteiger partial charge in [0, 0.05) is 24.2 Å². The molecule has 0 saturated heterocycles. The first-order chi connectivity index (χ1) is 10.2. The highest BCUT2D eigenvalue weighted by molar-refractivity contribution is 6.03. The van der Waals surface area contributed by atoms with Gasteiger partial charge in [0.05, 0.1) is 12.7 Å². The van der Waals surface area contributed by atoms with Gasteiger partial charge in [0.2, 0.25) is 0 Å². The number of ether oxygens (including phenoxy) is 1. The van der Waals surface area contributed by atoms with E-state index in [1.807, 2.05) is 0 Å². The second-order valence-electron chi connectivity index (χ2n) is 4.30. The van der Waals surface area contributed by atoms with E-state index in [1.165, 1.54) is 6.07 Å². The van der Waals surface area contributed by atoms with Crippen molar-refractivity contribution in [2.24, 2.45) is 0 Å². The molecule has 108 valence electrons. The molecule has 1 aromatic heterocycles. The predicted octanol–water partition coefficient (Wildman–Crippen LogP) is 1.93. The van der Waals surface area contributed by atoms with Crippen molar-refractivity contribution >= 4 is 17.4 Å². The van der Waals surface area contributed by atoms with Crippen LogP contribution >= 0.6 is 0 Å². The topological polar surface area (TPSA) is 117 Å². The highest BCUT2D eigenvalue weighted by atomic mass is 16.5. The smallest absolute Gasteiger partial charge is 0.273 e. The number of nitrogens with one attached hydrogen (secondary N) is 2. The van der Waals surface area contributed by atoms with Crippen molar-refractivity contribution in [3.8, 4) is 11.8 Å². The Balaban J connectivity index is 1.94. The number of rotatable bonds is 6. The fraction of sp³-hybridized carbons (Fsp3) is 0.214. The zero-order valence-corrected chi connectivity index (χ0v) is 11.3. The lowest BCUT2D eigenvalue weighted by Gasteiger charge is -2.08. The van der Waals surface area contributed by atoms with E-state index in [2.05, 4.69) is 21.6 Å². The lowest BCUT2D eigenvalue weighted by molar-refractivity contribution is 0.102. The van der Waals surface area contributed by atoms with Crippen LogP contribution in [0.15, 0.2) is 30.3 Å². The van der Waals surface area contributed by atoms with Crippen LogP contribution in [0.2, 0.25) is 0 Å². The first kappa shape index (κ1) is 14.4. The van der Waals surface area contributed by atoms with Crippen molar-refractivity contribution in [3.05, 3.63) is 36.0 Å². The van der Waals surface area contributed by atoms with Crippen LogP contribution in [0, 0.1) is 11.3 Å². The number of carbonyl (C=O) groups excluding carboxylic acids is 1. The summed E-state index contributed by atoms with van der Waals surface area (Å²) in [4.78, 5) is 11.9. The maximum Gasteiger partial charge on any atom is 0.273 e. The zero-order chi connectivity index (χ0) is 15.1. The molecule has 2 rings (SSSR count). The van der Waals surface area contributed by atoms with Crippen molar-refractivity contribution < 1.29 is 9.53 Å². The van der Waals surface area contributed by atoms with Gasteiger partial charge in [-0.1, -0.05) is 6.07 Å². The van der Waals surface area contributed by atoms with Gasteiger partial charge in [-0.05, 0) is 18.6 Å². The van der Waals surface area contributed by atoms with Gasteiger partial charge in [-0.3, -0.25) is 9.89 Å². The number of nitrogens with zero attached hydrogens (tertiary/aromatic N) is 2. The number of nitriles is 1. The first-order valence-corrected chi connectivity index (χ1v) is 6.41. The molecular formula is C14H15N5O2. The first-order valence-electron chi connectivity index (χ1n) is 6.41. The van der Waals surface area contributed by atoms with E-state index < -0.39 is 0 Å². The van der Waals surface area contributed by atoms with Crippen LogP contribution in [0.1, 0.15) is 23.3 Å². The lowest BCUT2D eigenvalue weighted by Crippen LogP contribution is -2.12. The molecule has 0 aliphatic heterocycles. The summed E-state index contributed by atoms with van der Waals surface area (Å²) in [5, 5.41) is 17.4. The molecule has 0 bridgehead atoms. The van der Waals surface area contributed by atoms with Gasteiger partial charge in [0.15, 0.2) is 0 Å². The summed E-state index contributed by atoms with van der Waals surface area (Å²) in [6, 6.07) is 10.5. The number of unbranched alkanes of at least 4 members (excludes halogenated alkanes) is 1. The lowest BCUT2D eigenvalue weighted by atomic mass is 10.3. The monoisotopic (exact) mass is 285 g/mol. The second kappa shape index (κ2) is 6.96. The van der Waals surface area contributed by atoms with Gasteiger partial charge in [-0.15, -0.1) is 0 Å². The molecule has 0 unspecified atom stereocenters. The fourth-order valence-electron chi connectivity index (χ4n) is 1.66. The van der Waals surface area contributed by atoms with Crippen molar-refractivity contribution in [2.75, 3.05) is 17.7 Å². The summed E-state index contributed by atoms with van der Waals surface area (Å²) in [5.41, 5.74) is 6.34. The normalized spacial score (nSPS) is 9.86. The van der Waals surface area contributed by atoms with E-state index in [0.717, 1.165) is 0 Å². The number of anilines is 2. The largest absolute Gasteiger partial charge is 0.493 e. The second-order valence-corrected chi connectivity index (χ2v) is 4.30. The van der Waals surface area contributed by atoms with Crippen LogP contribution in [-0.4, -0.2) is 22.7 Å². The third kappa shape index (κ3) is 4.24. The number of hydrogen-bond acceptors (Lipinski definition) is 5. The quantitative estimate of drug-likeness (QED) is 0.701. The molecule has 1 heterocycles. The minimum absolute atomic E-state index is 0.259. The Bertz CT molecular complexity index is 659. The van der Waals surface area contributed by atoms with E-state index in [1.54, 1.807) is 24.3 Å². The Morgan fingerprint density at radius 3 is 3.05 bits per heavy atom. The molecule has 2 aromatic rings. The van der Waals surface area contributed by atoms with Crippen LogP contribution < -0.4 is 15.8 Å². The molecule has 0 radical (unpaired) electrons. The molecule has 21 heavy (non-hydrogen) atoms. The number of amides is 1. The van der Waals surface area contributed by atoms with Gasteiger partial charge >= 0.3 is 0 Å². The molecule has 0 atom stereocenters. The summed E-state index contributed by atoms with van der Waals surface area (Å²) < 4.78 is 5.50. The third-order valence-electron chi connectivity index (χ3n) is 2.64. The van der Waals surface area contributed by atoms with Crippen LogP contribution in [0.25, 0.3) is 0 Å². The van der Waals surface area contributed by atoms with Gasteiger partial charge in [-0.2, -0.15) is 10.4 Å². The van der Waals surface area contributed by atoms with Crippen LogP contribution in [0.5, 0.6) is 5.75 Å². The minimum Gasteiger partial charge on any atom is -0.493 e. The van der Waals surface area contributed by atoms with Crippen LogP contribution in [0.4, 0.5) is 11.5 Å². The molecule has 1 aromatic carbocycles. The summed E-state index contributed by atoms with van der Waals surface area (Å²) in [6.07, 6.45) is 1.12. The van der Waals surface area contributed by atoms with Crippen molar-refractivity contribution in [1.82, 2.24) is 10.2 Å². The number of carbonyl (C=O) groups is 1. The van der Waals surface area contributed by atoms with Crippen LogP contribution in [-0.2, 0) is 0 Å². The van der Waals surface area contributed by atoms with E-state index in [4.69, 9.17) is 15.7 Å². The summed E-state index contributed by atoms with van der Waals surface area (Å²) in [6.45, 7) is 0.460. The average Bonchev–Trinajstić information content (AvgIpc) is 2.91. The third-order valence-corrected chi connectivity index (χ3v) is 2.64.